The molecule has 6 heteroatoms. The molecular formula is C21H22ClFN2O2. The molecule has 0 bridgehead atoms. The fraction of sp³-hybridized carbons (Fsp3) is 0.333. The molecule has 1 fully saturated rings. The van der Waals surface area contributed by atoms with Gasteiger partial charge < -0.3 is 10.2 Å². The number of benzene rings is 2. The van der Waals surface area contributed by atoms with Gasteiger partial charge in [0.1, 0.15) is 5.82 Å². The molecule has 1 aliphatic rings. The molecule has 0 radical (unpaired) electrons. The van der Waals surface area contributed by atoms with Crippen molar-refractivity contribution in [3.05, 3.63) is 64.9 Å². The highest BCUT2D eigenvalue weighted by atomic mass is 35.5. The molecule has 2 aromatic carbocycles. The first kappa shape index (κ1) is 19.4. The zero-order valence-electron chi connectivity index (χ0n) is 15.1. The highest BCUT2D eigenvalue weighted by Crippen LogP contribution is 2.28. The van der Waals surface area contributed by atoms with Gasteiger partial charge in [-0.2, -0.15) is 0 Å². The van der Waals surface area contributed by atoms with E-state index in [1.54, 1.807) is 0 Å². The van der Waals surface area contributed by atoms with Gasteiger partial charge in [0.25, 0.3) is 0 Å². The zero-order chi connectivity index (χ0) is 19.4. The molecule has 0 spiro atoms. The molecule has 4 nitrogen and oxygen atoms in total. The van der Waals surface area contributed by atoms with Gasteiger partial charge in [-0.05, 0) is 43.5 Å². The minimum Gasteiger partial charge on any atom is -0.353 e. The lowest BCUT2D eigenvalue weighted by Gasteiger charge is -2.19. The van der Waals surface area contributed by atoms with Crippen LogP contribution in [0.5, 0.6) is 0 Å². The van der Waals surface area contributed by atoms with Gasteiger partial charge in [-0.3, -0.25) is 9.59 Å². The minimum absolute atomic E-state index is 0.0159. The van der Waals surface area contributed by atoms with E-state index in [0.29, 0.717) is 5.69 Å². The largest absolute Gasteiger partial charge is 0.353 e. The molecule has 27 heavy (non-hydrogen) atoms. The van der Waals surface area contributed by atoms with E-state index in [2.05, 4.69) is 17.4 Å². The summed E-state index contributed by atoms with van der Waals surface area (Å²) in [5.74, 6) is -1.23. The monoisotopic (exact) mass is 388 g/mol. The van der Waals surface area contributed by atoms with Gasteiger partial charge in [-0.15, -0.1) is 0 Å². The molecule has 0 aromatic heterocycles. The SMILES string of the molecule is C[C@H](CCc1ccccc1)NC(=O)[C@H]1CC(=O)N(c2ccc(F)c(Cl)c2)C1. The van der Waals surface area contributed by atoms with Crippen molar-refractivity contribution in [2.45, 2.75) is 32.2 Å². The van der Waals surface area contributed by atoms with Crippen molar-refractivity contribution >= 4 is 29.1 Å². The zero-order valence-corrected chi connectivity index (χ0v) is 15.9. The number of rotatable bonds is 6. The molecule has 1 N–H and O–H groups in total. The van der Waals surface area contributed by atoms with E-state index < -0.39 is 11.7 Å². The van der Waals surface area contributed by atoms with Crippen LogP contribution < -0.4 is 10.2 Å². The third-order valence-electron chi connectivity index (χ3n) is 4.81. The van der Waals surface area contributed by atoms with Crippen molar-refractivity contribution in [3.63, 3.8) is 0 Å². The lowest BCUT2D eigenvalue weighted by atomic mass is 10.0. The maximum Gasteiger partial charge on any atom is 0.227 e. The fourth-order valence-electron chi connectivity index (χ4n) is 3.25. The second-order valence-electron chi connectivity index (χ2n) is 6.94. The Bertz CT molecular complexity index is 828. The van der Waals surface area contributed by atoms with Gasteiger partial charge >= 0.3 is 0 Å². The first-order valence-electron chi connectivity index (χ1n) is 9.03. The first-order chi connectivity index (χ1) is 12.9. The maximum atomic E-state index is 13.3. The Morgan fingerprint density at radius 3 is 2.74 bits per heavy atom. The topological polar surface area (TPSA) is 49.4 Å². The van der Waals surface area contributed by atoms with Crippen LogP contribution in [0.15, 0.2) is 48.5 Å². The standard InChI is InChI=1S/C21H22ClFN2O2/c1-14(7-8-15-5-3-2-4-6-15)24-21(27)16-11-20(26)25(13-16)17-9-10-19(23)18(22)12-17/h2-6,9-10,12,14,16H,7-8,11,13H2,1H3,(H,24,27)/t14-,16+/m1/s1. The summed E-state index contributed by atoms with van der Waals surface area (Å²) in [5, 5.41) is 2.96. The molecule has 2 atom stereocenters. The number of hydrogen-bond donors (Lipinski definition) is 1. The predicted octanol–water partition coefficient (Wildman–Crippen LogP) is 3.97. The summed E-state index contributed by atoms with van der Waals surface area (Å²) in [5.41, 5.74) is 1.74. The van der Waals surface area contributed by atoms with Crippen molar-refractivity contribution in [1.82, 2.24) is 5.32 Å². The highest BCUT2D eigenvalue weighted by molar-refractivity contribution is 6.31. The molecule has 0 aliphatic carbocycles. The van der Waals surface area contributed by atoms with Gasteiger partial charge in [-0.1, -0.05) is 41.9 Å². The lowest BCUT2D eigenvalue weighted by molar-refractivity contribution is -0.126. The molecule has 0 saturated carbocycles. The third kappa shape index (κ3) is 4.86. The Hall–Kier alpha value is -2.40. The number of anilines is 1. The van der Waals surface area contributed by atoms with Crippen molar-refractivity contribution in [2.75, 3.05) is 11.4 Å². The first-order valence-corrected chi connectivity index (χ1v) is 9.41. The smallest absolute Gasteiger partial charge is 0.227 e. The third-order valence-corrected chi connectivity index (χ3v) is 5.10. The van der Waals surface area contributed by atoms with Gasteiger partial charge in [0.05, 0.1) is 10.9 Å². The molecule has 0 unspecified atom stereocenters. The van der Waals surface area contributed by atoms with Crippen molar-refractivity contribution in [2.24, 2.45) is 5.92 Å². The Morgan fingerprint density at radius 1 is 1.30 bits per heavy atom. The van der Waals surface area contributed by atoms with Crippen LogP contribution in [-0.2, 0) is 16.0 Å². The van der Waals surface area contributed by atoms with Crippen LogP contribution in [0.25, 0.3) is 0 Å². The van der Waals surface area contributed by atoms with Gasteiger partial charge in [0.15, 0.2) is 0 Å². The molecule has 1 saturated heterocycles. The average molecular weight is 389 g/mol. The van der Waals surface area contributed by atoms with Gasteiger partial charge in [-0.25, -0.2) is 4.39 Å². The van der Waals surface area contributed by atoms with Crippen LogP contribution in [-0.4, -0.2) is 24.4 Å². The number of aryl methyl sites for hydroxylation is 1. The number of carbonyl (C=O) groups is 2. The summed E-state index contributed by atoms with van der Waals surface area (Å²) in [7, 11) is 0. The van der Waals surface area contributed by atoms with E-state index >= 15 is 0 Å². The predicted molar refractivity (Wildman–Crippen MR) is 104 cm³/mol. The molecule has 1 aliphatic heterocycles. The number of nitrogens with zero attached hydrogens (tertiary/aromatic N) is 1. The van der Waals surface area contributed by atoms with E-state index in [1.165, 1.54) is 28.7 Å². The van der Waals surface area contributed by atoms with Gasteiger partial charge in [0.2, 0.25) is 11.8 Å². The van der Waals surface area contributed by atoms with Crippen LogP contribution in [0.3, 0.4) is 0 Å². The number of hydrogen-bond acceptors (Lipinski definition) is 2. The lowest BCUT2D eigenvalue weighted by Crippen LogP contribution is -2.38. The molecular weight excluding hydrogens is 367 g/mol. The van der Waals surface area contributed by atoms with Crippen LogP contribution in [0.4, 0.5) is 10.1 Å². The Kier molecular flexibility index (Phi) is 6.11. The second kappa shape index (κ2) is 8.53. The van der Waals surface area contributed by atoms with E-state index in [9.17, 15) is 14.0 Å². The van der Waals surface area contributed by atoms with E-state index in [4.69, 9.17) is 11.6 Å². The summed E-state index contributed by atoms with van der Waals surface area (Å²) >= 11 is 5.80. The molecule has 2 aromatic rings. The van der Waals surface area contributed by atoms with Crippen LogP contribution in [0.1, 0.15) is 25.3 Å². The fourth-order valence-corrected chi connectivity index (χ4v) is 3.42. The summed E-state index contributed by atoms with van der Waals surface area (Å²) < 4.78 is 13.3. The summed E-state index contributed by atoms with van der Waals surface area (Å²) in [6.45, 7) is 2.24. The second-order valence-corrected chi connectivity index (χ2v) is 7.34. The van der Waals surface area contributed by atoms with E-state index in [1.807, 2.05) is 25.1 Å². The van der Waals surface area contributed by atoms with Crippen molar-refractivity contribution in [1.29, 1.82) is 0 Å². The maximum absolute atomic E-state index is 13.3. The molecule has 142 valence electrons. The normalized spacial score (nSPS) is 17.8. The number of carbonyl (C=O) groups excluding carboxylic acids is 2. The van der Waals surface area contributed by atoms with Crippen molar-refractivity contribution in [3.8, 4) is 0 Å². The number of halogens is 2. The van der Waals surface area contributed by atoms with Crippen LogP contribution in [0, 0.1) is 11.7 Å². The average Bonchev–Trinajstić information content (AvgIpc) is 3.05. The number of amides is 2. The Balaban J connectivity index is 1.54. The summed E-state index contributed by atoms with van der Waals surface area (Å²) in [4.78, 5) is 26.3. The van der Waals surface area contributed by atoms with Crippen LogP contribution >= 0.6 is 11.6 Å². The van der Waals surface area contributed by atoms with Gasteiger partial charge in [0, 0.05) is 24.7 Å². The van der Waals surface area contributed by atoms with E-state index in [0.717, 1.165) is 12.8 Å². The quantitative estimate of drug-likeness (QED) is 0.814. The minimum atomic E-state index is -0.534. The molecule has 2 amide bonds. The Labute approximate surface area is 163 Å². The highest BCUT2D eigenvalue weighted by Gasteiger charge is 2.35. The molecule has 3 rings (SSSR count). The summed E-state index contributed by atoms with van der Waals surface area (Å²) in [6.07, 6.45) is 1.85. The Morgan fingerprint density at radius 2 is 2.04 bits per heavy atom. The van der Waals surface area contributed by atoms with Crippen molar-refractivity contribution < 1.29 is 14.0 Å². The molecule has 1 heterocycles. The van der Waals surface area contributed by atoms with Crippen LogP contribution in [0.2, 0.25) is 5.02 Å². The van der Waals surface area contributed by atoms with E-state index in [-0.39, 0.29) is 35.8 Å². The number of nitrogens with one attached hydrogen (secondary N) is 1. The summed E-state index contributed by atoms with van der Waals surface area (Å²) in [6, 6.07) is 14.3.